The number of rotatable bonds is 4. The molecule has 0 aliphatic carbocycles. The first-order chi connectivity index (χ1) is 8.92. The summed E-state index contributed by atoms with van der Waals surface area (Å²) in [5.74, 6) is 0. The van der Waals surface area contributed by atoms with Gasteiger partial charge in [-0.3, -0.25) is 0 Å². The van der Waals surface area contributed by atoms with Crippen LogP contribution in [-0.4, -0.2) is 17.5 Å². The van der Waals surface area contributed by atoms with Crippen LogP contribution in [0, 0.1) is 0 Å². The summed E-state index contributed by atoms with van der Waals surface area (Å²) >= 11 is 0. The number of benzene rings is 1. The van der Waals surface area contributed by atoms with Crippen LogP contribution in [-0.2, 0) is 0 Å². The first-order valence-electron chi connectivity index (χ1n) is 7.34. The summed E-state index contributed by atoms with van der Waals surface area (Å²) in [7, 11) is -1.66. The predicted octanol–water partition coefficient (Wildman–Crippen LogP) is 5.06. The molecule has 1 heterocycles. The van der Waals surface area contributed by atoms with Gasteiger partial charge in [0.05, 0.1) is 17.4 Å². The van der Waals surface area contributed by atoms with Crippen molar-refractivity contribution >= 4 is 19.3 Å². The van der Waals surface area contributed by atoms with E-state index in [0.717, 1.165) is 5.52 Å². The van der Waals surface area contributed by atoms with Crippen molar-refractivity contribution in [1.82, 2.24) is 9.22 Å². The zero-order valence-electron chi connectivity index (χ0n) is 13.0. The monoisotopic (exact) mass is 274 g/mol. The molecular weight excluding hydrogens is 248 g/mol. The molecule has 104 valence electrons. The van der Waals surface area contributed by atoms with Crippen molar-refractivity contribution < 1.29 is 0 Å². The Balaban J connectivity index is 2.74. The van der Waals surface area contributed by atoms with Crippen molar-refractivity contribution in [2.24, 2.45) is 0 Å². The average Bonchev–Trinajstić information content (AvgIpc) is 2.73. The molecule has 0 atom stereocenters. The first kappa shape index (κ1) is 14.3. The minimum absolute atomic E-state index is 0.699. The summed E-state index contributed by atoms with van der Waals surface area (Å²) < 4.78 is 2.56. The maximum Gasteiger partial charge on any atom is 0.171 e. The quantitative estimate of drug-likeness (QED) is 0.713. The number of aromatic nitrogens is 2. The highest BCUT2D eigenvalue weighted by atomic mass is 28.3. The van der Waals surface area contributed by atoms with Crippen LogP contribution in [0.15, 0.2) is 30.6 Å². The standard InChI is InChI=1S/C16H26N2Si/c1-12(2)19(13(3)4,14(5)6)18-11-17-15-9-7-8-10-16(15)18/h7-14H,1-6H3. The summed E-state index contributed by atoms with van der Waals surface area (Å²) in [6.07, 6.45) is 2.09. The molecule has 19 heavy (non-hydrogen) atoms. The molecule has 2 aromatic rings. The van der Waals surface area contributed by atoms with Crippen LogP contribution in [0.3, 0.4) is 0 Å². The Hall–Kier alpha value is -1.09. The summed E-state index contributed by atoms with van der Waals surface area (Å²) in [5.41, 5.74) is 4.53. The van der Waals surface area contributed by atoms with Gasteiger partial charge in [0.1, 0.15) is 0 Å². The van der Waals surface area contributed by atoms with E-state index >= 15 is 0 Å². The largest absolute Gasteiger partial charge is 0.357 e. The lowest BCUT2D eigenvalue weighted by molar-refractivity contribution is 0.770. The second-order valence-electron chi connectivity index (χ2n) is 6.45. The molecule has 2 nitrogen and oxygen atoms in total. The van der Waals surface area contributed by atoms with E-state index in [4.69, 9.17) is 0 Å². The molecule has 0 aliphatic heterocycles. The van der Waals surface area contributed by atoms with Crippen molar-refractivity contribution in [3.63, 3.8) is 0 Å². The van der Waals surface area contributed by atoms with Gasteiger partial charge < -0.3 is 4.23 Å². The molecule has 0 fully saturated rings. The third kappa shape index (κ3) is 2.04. The third-order valence-corrected chi connectivity index (χ3v) is 11.4. The van der Waals surface area contributed by atoms with Crippen molar-refractivity contribution in [1.29, 1.82) is 0 Å². The Kier molecular flexibility index (Phi) is 3.86. The summed E-state index contributed by atoms with van der Waals surface area (Å²) in [6.45, 7) is 14.3. The van der Waals surface area contributed by atoms with Crippen LogP contribution in [0.1, 0.15) is 41.5 Å². The Morgan fingerprint density at radius 2 is 1.42 bits per heavy atom. The van der Waals surface area contributed by atoms with Gasteiger partial charge in [-0.1, -0.05) is 53.7 Å². The zero-order valence-corrected chi connectivity index (χ0v) is 14.0. The second kappa shape index (κ2) is 5.12. The van der Waals surface area contributed by atoms with Crippen LogP contribution < -0.4 is 0 Å². The Labute approximate surface area is 117 Å². The van der Waals surface area contributed by atoms with E-state index in [0.29, 0.717) is 16.6 Å². The van der Waals surface area contributed by atoms with Crippen molar-refractivity contribution in [2.75, 3.05) is 0 Å². The molecular formula is C16H26N2Si. The highest BCUT2D eigenvalue weighted by molar-refractivity contribution is 6.82. The van der Waals surface area contributed by atoms with Gasteiger partial charge in [0, 0.05) is 0 Å². The topological polar surface area (TPSA) is 17.8 Å². The van der Waals surface area contributed by atoms with Gasteiger partial charge in [-0.15, -0.1) is 0 Å². The molecule has 0 spiro atoms. The molecule has 0 amide bonds. The summed E-state index contributed by atoms with van der Waals surface area (Å²) in [5, 5.41) is 0. The number of para-hydroxylation sites is 2. The highest BCUT2D eigenvalue weighted by Gasteiger charge is 2.45. The van der Waals surface area contributed by atoms with Gasteiger partial charge in [-0.2, -0.15) is 0 Å². The molecule has 0 saturated carbocycles. The van der Waals surface area contributed by atoms with E-state index in [1.54, 1.807) is 0 Å². The number of hydrogen-bond acceptors (Lipinski definition) is 1. The van der Waals surface area contributed by atoms with Crippen molar-refractivity contribution in [2.45, 2.75) is 58.2 Å². The van der Waals surface area contributed by atoms with Crippen molar-refractivity contribution in [3.05, 3.63) is 30.6 Å². The van der Waals surface area contributed by atoms with E-state index in [1.807, 2.05) is 0 Å². The molecule has 0 bridgehead atoms. The van der Waals surface area contributed by atoms with Gasteiger partial charge in [-0.25, -0.2) is 4.98 Å². The molecule has 1 aromatic heterocycles. The summed E-state index contributed by atoms with van der Waals surface area (Å²) in [4.78, 5) is 4.63. The maximum absolute atomic E-state index is 4.63. The van der Waals surface area contributed by atoms with Gasteiger partial charge in [-0.05, 0) is 28.8 Å². The Bertz CT molecular complexity index is 533. The number of nitrogens with zero attached hydrogens (tertiary/aromatic N) is 2. The lowest BCUT2D eigenvalue weighted by Gasteiger charge is -2.44. The number of fused-ring (bicyclic) bond motifs is 1. The highest BCUT2D eigenvalue weighted by Crippen LogP contribution is 2.43. The molecule has 1 aromatic carbocycles. The van der Waals surface area contributed by atoms with Crippen LogP contribution in [0.5, 0.6) is 0 Å². The smallest absolute Gasteiger partial charge is 0.171 e. The van der Waals surface area contributed by atoms with Crippen molar-refractivity contribution in [3.8, 4) is 0 Å². The first-order valence-corrected chi connectivity index (χ1v) is 9.52. The number of imidazole rings is 1. The average molecular weight is 274 g/mol. The minimum atomic E-state index is -1.66. The minimum Gasteiger partial charge on any atom is -0.357 e. The predicted molar refractivity (Wildman–Crippen MR) is 86.2 cm³/mol. The molecule has 0 radical (unpaired) electrons. The molecule has 2 rings (SSSR count). The molecule has 0 aliphatic rings. The van der Waals surface area contributed by atoms with Crippen LogP contribution >= 0.6 is 0 Å². The normalized spacial score (nSPS) is 13.1. The molecule has 0 N–H and O–H groups in total. The fourth-order valence-corrected chi connectivity index (χ4v) is 10.6. The molecule has 0 saturated heterocycles. The van der Waals surface area contributed by atoms with E-state index in [1.165, 1.54) is 5.52 Å². The lowest BCUT2D eigenvalue weighted by atomic mass is 10.3. The lowest BCUT2D eigenvalue weighted by Crippen LogP contribution is -2.51. The SMILES string of the molecule is CC(C)[Si](C(C)C)(C(C)C)n1cnc2ccccc21. The second-order valence-corrected chi connectivity index (χ2v) is 12.2. The maximum atomic E-state index is 4.63. The molecule has 3 heteroatoms. The van der Waals surface area contributed by atoms with E-state index < -0.39 is 8.24 Å². The van der Waals surface area contributed by atoms with Gasteiger partial charge in [0.15, 0.2) is 8.24 Å². The fourth-order valence-electron chi connectivity index (χ4n) is 4.10. The summed E-state index contributed by atoms with van der Waals surface area (Å²) in [6, 6.07) is 8.53. The van der Waals surface area contributed by atoms with Crippen LogP contribution in [0.25, 0.3) is 11.0 Å². The van der Waals surface area contributed by atoms with Crippen LogP contribution in [0.4, 0.5) is 0 Å². The number of hydrogen-bond donors (Lipinski definition) is 0. The van der Waals surface area contributed by atoms with E-state index in [9.17, 15) is 0 Å². The third-order valence-electron chi connectivity index (χ3n) is 4.65. The van der Waals surface area contributed by atoms with Gasteiger partial charge in [0.25, 0.3) is 0 Å². The molecule has 0 unspecified atom stereocenters. The van der Waals surface area contributed by atoms with Gasteiger partial charge >= 0.3 is 0 Å². The van der Waals surface area contributed by atoms with E-state index in [2.05, 4.69) is 81.4 Å². The zero-order chi connectivity index (χ0) is 14.2. The van der Waals surface area contributed by atoms with Gasteiger partial charge in [0.2, 0.25) is 0 Å². The van der Waals surface area contributed by atoms with E-state index in [-0.39, 0.29) is 0 Å². The van der Waals surface area contributed by atoms with Crippen LogP contribution in [0.2, 0.25) is 16.6 Å². The fraction of sp³-hybridized carbons (Fsp3) is 0.562. The Morgan fingerprint density at radius 1 is 0.895 bits per heavy atom. The Morgan fingerprint density at radius 3 is 1.95 bits per heavy atom.